The van der Waals surface area contributed by atoms with Gasteiger partial charge in [0.1, 0.15) is 0 Å². The van der Waals surface area contributed by atoms with Crippen molar-refractivity contribution in [1.82, 2.24) is 9.97 Å². The predicted molar refractivity (Wildman–Crippen MR) is 178 cm³/mol. The average molecular weight is 533 g/mol. The van der Waals surface area contributed by atoms with Gasteiger partial charge in [-0.2, -0.15) is 0 Å². The van der Waals surface area contributed by atoms with Crippen molar-refractivity contribution >= 4 is 64.9 Å². The highest BCUT2D eigenvalue weighted by Gasteiger charge is 2.11. The molecule has 2 nitrogen and oxygen atoms in total. The summed E-state index contributed by atoms with van der Waals surface area (Å²) in [6, 6.07) is 48.3. The molecule has 2 heterocycles. The molecule has 0 saturated carbocycles. The molecule has 0 radical (unpaired) electrons. The molecule has 9 rings (SSSR count). The fourth-order valence-corrected chi connectivity index (χ4v) is 6.45. The molecule has 0 aliphatic rings. The summed E-state index contributed by atoms with van der Waals surface area (Å²) in [6.45, 7) is 0. The number of benzene rings is 7. The van der Waals surface area contributed by atoms with Crippen LogP contribution in [0.3, 0.4) is 0 Å². The lowest BCUT2D eigenvalue weighted by molar-refractivity contribution is 1.37. The maximum absolute atomic E-state index is 4.97. The lowest BCUT2D eigenvalue weighted by Gasteiger charge is -2.11. The second-order valence-electron chi connectivity index (χ2n) is 11.1. The minimum absolute atomic E-state index is 0.927. The van der Waals surface area contributed by atoms with Crippen molar-refractivity contribution in [3.63, 3.8) is 0 Å². The van der Waals surface area contributed by atoms with E-state index >= 15 is 0 Å². The third-order valence-electron chi connectivity index (χ3n) is 8.62. The van der Waals surface area contributed by atoms with E-state index < -0.39 is 0 Å². The predicted octanol–water partition coefficient (Wildman–Crippen LogP) is 10.7. The number of nitrogens with zero attached hydrogens (tertiary/aromatic N) is 2. The van der Waals surface area contributed by atoms with Gasteiger partial charge in [-0.3, -0.25) is 9.97 Å². The smallest absolute Gasteiger partial charge is 0.0970 e. The van der Waals surface area contributed by atoms with Crippen LogP contribution in [0.15, 0.2) is 146 Å². The minimum Gasteiger partial charge on any atom is -0.254 e. The van der Waals surface area contributed by atoms with Crippen LogP contribution >= 0.6 is 0 Å². The lowest BCUT2D eigenvalue weighted by atomic mass is 9.95. The Balaban J connectivity index is 1.15. The van der Waals surface area contributed by atoms with Crippen LogP contribution < -0.4 is 0 Å². The number of fused-ring (bicyclic) bond motifs is 7. The summed E-state index contributed by atoms with van der Waals surface area (Å²) in [6.07, 6.45) is 3.89. The van der Waals surface area contributed by atoms with E-state index in [2.05, 4.69) is 133 Å². The van der Waals surface area contributed by atoms with E-state index in [1.165, 1.54) is 54.2 Å². The van der Waals surface area contributed by atoms with Crippen molar-refractivity contribution in [1.29, 1.82) is 0 Å². The molecule has 0 fully saturated rings. The van der Waals surface area contributed by atoms with Gasteiger partial charge in [0.2, 0.25) is 0 Å². The Hall–Kier alpha value is -5.60. The molecule has 9 aromatic rings. The van der Waals surface area contributed by atoms with Gasteiger partial charge in [-0.25, -0.2) is 0 Å². The van der Waals surface area contributed by atoms with Gasteiger partial charge in [0.25, 0.3) is 0 Å². The second kappa shape index (κ2) is 8.95. The molecule has 42 heavy (non-hydrogen) atoms. The van der Waals surface area contributed by atoms with E-state index in [1.807, 2.05) is 12.4 Å². The van der Waals surface area contributed by atoms with Crippen molar-refractivity contribution in [3.05, 3.63) is 146 Å². The molecule has 0 spiro atoms. The quantitative estimate of drug-likeness (QED) is 0.163. The largest absolute Gasteiger partial charge is 0.254 e. The number of aromatic nitrogens is 2. The van der Waals surface area contributed by atoms with Crippen molar-refractivity contribution in [3.8, 4) is 22.3 Å². The Kier molecular flexibility index (Phi) is 4.93. The third kappa shape index (κ3) is 3.66. The van der Waals surface area contributed by atoms with Gasteiger partial charge in [-0.05, 0) is 108 Å². The Morgan fingerprint density at radius 3 is 1.52 bits per heavy atom. The summed E-state index contributed by atoms with van der Waals surface area (Å²) in [7, 11) is 0. The van der Waals surface area contributed by atoms with Gasteiger partial charge in [0, 0.05) is 28.7 Å². The fourth-order valence-electron chi connectivity index (χ4n) is 6.45. The first kappa shape index (κ1) is 23.1. The van der Waals surface area contributed by atoms with Gasteiger partial charge in [0.05, 0.1) is 11.0 Å². The van der Waals surface area contributed by atoms with Crippen LogP contribution in [0.1, 0.15) is 0 Å². The first-order valence-corrected chi connectivity index (χ1v) is 14.3. The van der Waals surface area contributed by atoms with Crippen molar-refractivity contribution < 1.29 is 0 Å². The Morgan fingerprint density at radius 2 is 0.857 bits per heavy atom. The molecular formula is C40H24N2. The fraction of sp³-hybridized carbons (Fsp3) is 0. The van der Waals surface area contributed by atoms with Crippen molar-refractivity contribution in [2.45, 2.75) is 0 Å². The summed E-state index contributed by atoms with van der Waals surface area (Å²) in [5.74, 6) is 0. The number of pyridine rings is 2. The highest BCUT2D eigenvalue weighted by molar-refractivity contribution is 6.10. The summed E-state index contributed by atoms with van der Waals surface area (Å²) in [5, 5.41) is 12.2. The van der Waals surface area contributed by atoms with Crippen LogP contribution in [0.4, 0.5) is 0 Å². The summed E-state index contributed by atoms with van der Waals surface area (Å²) in [4.78, 5) is 9.78. The van der Waals surface area contributed by atoms with Crippen LogP contribution in [0, 0.1) is 0 Å². The molecule has 7 aromatic carbocycles. The molecule has 2 aromatic heterocycles. The molecule has 0 aliphatic heterocycles. The molecule has 2 heteroatoms. The number of rotatable bonds is 2. The first-order chi connectivity index (χ1) is 20.8. The molecule has 0 atom stereocenters. The van der Waals surface area contributed by atoms with E-state index in [0.717, 1.165) is 32.9 Å². The van der Waals surface area contributed by atoms with Gasteiger partial charge in [0.15, 0.2) is 0 Å². The van der Waals surface area contributed by atoms with Gasteiger partial charge in [-0.1, -0.05) is 84.9 Å². The average Bonchev–Trinajstić information content (AvgIpc) is 3.05. The number of hydrogen-bond acceptors (Lipinski definition) is 2. The lowest BCUT2D eigenvalue weighted by Crippen LogP contribution is -1.90. The van der Waals surface area contributed by atoms with Crippen molar-refractivity contribution in [2.75, 3.05) is 0 Å². The van der Waals surface area contributed by atoms with Crippen LogP contribution in [-0.2, 0) is 0 Å². The standard InChI is InChI=1S/C40H24N2/c1-3-7-27-19-34-21-31(10-9-29(34)17-25(27)5-1)36-23-33-13-14-38-37(15-16-41-40(38)39(33)42-24-36)32-12-11-30-18-26-6-2-4-8-28(26)20-35(30)22-32/h1-24H. The summed E-state index contributed by atoms with van der Waals surface area (Å²) >= 11 is 0. The van der Waals surface area contributed by atoms with E-state index in [-0.39, 0.29) is 0 Å². The van der Waals surface area contributed by atoms with E-state index in [4.69, 9.17) is 9.97 Å². The number of hydrogen-bond donors (Lipinski definition) is 0. The molecule has 0 aliphatic carbocycles. The van der Waals surface area contributed by atoms with E-state index in [0.29, 0.717) is 0 Å². The third-order valence-corrected chi connectivity index (χ3v) is 8.62. The monoisotopic (exact) mass is 532 g/mol. The topological polar surface area (TPSA) is 25.8 Å². The maximum atomic E-state index is 4.97. The Morgan fingerprint density at radius 1 is 0.333 bits per heavy atom. The molecule has 0 unspecified atom stereocenters. The van der Waals surface area contributed by atoms with Crippen LogP contribution in [0.5, 0.6) is 0 Å². The van der Waals surface area contributed by atoms with Gasteiger partial charge >= 0.3 is 0 Å². The molecule has 0 saturated heterocycles. The Bertz CT molecular complexity index is 2530. The first-order valence-electron chi connectivity index (χ1n) is 14.3. The highest BCUT2D eigenvalue weighted by atomic mass is 14.7. The molecule has 0 bridgehead atoms. The molecule has 0 N–H and O–H groups in total. The molecule has 0 amide bonds. The van der Waals surface area contributed by atoms with Crippen molar-refractivity contribution in [2.24, 2.45) is 0 Å². The highest BCUT2D eigenvalue weighted by Crippen LogP contribution is 2.35. The van der Waals surface area contributed by atoms with Crippen LogP contribution in [0.2, 0.25) is 0 Å². The van der Waals surface area contributed by atoms with E-state index in [9.17, 15) is 0 Å². The molecular weight excluding hydrogens is 508 g/mol. The van der Waals surface area contributed by atoms with Gasteiger partial charge < -0.3 is 0 Å². The van der Waals surface area contributed by atoms with E-state index in [1.54, 1.807) is 0 Å². The maximum Gasteiger partial charge on any atom is 0.0970 e. The summed E-state index contributed by atoms with van der Waals surface area (Å²) < 4.78 is 0. The zero-order valence-electron chi connectivity index (χ0n) is 22.8. The summed E-state index contributed by atoms with van der Waals surface area (Å²) in [5.41, 5.74) is 6.48. The minimum atomic E-state index is 0.927. The van der Waals surface area contributed by atoms with Crippen LogP contribution in [0.25, 0.3) is 87.1 Å². The Labute approximate surface area is 242 Å². The second-order valence-corrected chi connectivity index (χ2v) is 11.1. The zero-order valence-corrected chi connectivity index (χ0v) is 22.8. The normalized spacial score (nSPS) is 11.8. The van der Waals surface area contributed by atoms with Gasteiger partial charge in [-0.15, -0.1) is 0 Å². The molecule has 194 valence electrons. The van der Waals surface area contributed by atoms with Crippen LogP contribution in [-0.4, -0.2) is 9.97 Å². The SMILES string of the molecule is c1ccc2cc3cc(-c4cnc5c(ccc6c(-c7ccc8cc9ccccc9cc8c7)ccnc65)c4)ccc3cc2c1. The zero-order chi connectivity index (χ0) is 27.6.